The molecule has 0 aliphatic heterocycles. The molecule has 36 heavy (non-hydrogen) atoms. The molecule has 0 radical (unpaired) electrons. The molecule has 3 aromatic rings. The van der Waals surface area contributed by atoms with Crippen molar-refractivity contribution in [2.24, 2.45) is 5.73 Å². The molecule has 2 aromatic carbocycles. The number of fused-ring (bicyclic) bond motifs is 1. The third-order valence-corrected chi connectivity index (χ3v) is 5.60. The number of carbonyl (C=O) groups is 4. The van der Waals surface area contributed by atoms with Gasteiger partial charge in [0.05, 0.1) is 12.6 Å². The van der Waals surface area contributed by atoms with Crippen molar-refractivity contribution in [3.63, 3.8) is 0 Å². The lowest BCUT2D eigenvalue weighted by atomic mass is 10.0. The zero-order valence-corrected chi connectivity index (χ0v) is 19.4. The standard InChI is InChI=1S/C25H29N5O6/c26-18(11-16-12-27-19-9-5-4-8-17(16)19)23(34)30-21(14-31)25(36)29-20(24(35)28-13-22(32)33)10-15-6-2-1-3-7-15/h1-9,12,18,20-21,27,31H,10-11,13-14,26H2,(H,28,35)(H,29,36)(H,30,34)(H,32,33). The third kappa shape index (κ3) is 7.14. The lowest BCUT2D eigenvalue weighted by Crippen LogP contribution is -2.57. The van der Waals surface area contributed by atoms with Crippen LogP contribution in [0.1, 0.15) is 11.1 Å². The quantitative estimate of drug-likeness (QED) is 0.175. The molecule has 3 unspecified atom stereocenters. The van der Waals surface area contributed by atoms with Crippen LogP contribution in [0.25, 0.3) is 10.9 Å². The molecule has 0 spiro atoms. The molecule has 3 rings (SSSR count). The monoisotopic (exact) mass is 495 g/mol. The first-order valence-electron chi connectivity index (χ1n) is 11.3. The van der Waals surface area contributed by atoms with Crippen LogP contribution in [0.5, 0.6) is 0 Å². The van der Waals surface area contributed by atoms with Crippen LogP contribution in [0, 0.1) is 0 Å². The normalized spacial score (nSPS) is 13.4. The van der Waals surface area contributed by atoms with Crippen molar-refractivity contribution in [1.82, 2.24) is 20.9 Å². The van der Waals surface area contributed by atoms with Gasteiger partial charge in [0.15, 0.2) is 0 Å². The molecule has 190 valence electrons. The molecule has 0 aliphatic rings. The predicted octanol–water partition coefficient (Wildman–Crippen LogP) is -0.557. The topological polar surface area (TPSA) is 187 Å². The van der Waals surface area contributed by atoms with E-state index in [1.54, 1.807) is 36.5 Å². The van der Waals surface area contributed by atoms with Crippen LogP contribution >= 0.6 is 0 Å². The van der Waals surface area contributed by atoms with E-state index in [1.165, 1.54) is 0 Å². The SMILES string of the molecule is NC(Cc1c[nH]c2ccccc12)C(=O)NC(CO)C(=O)NC(Cc1ccccc1)C(=O)NCC(=O)O. The minimum absolute atomic E-state index is 0.0736. The Kier molecular flexibility index (Phi) is 9.14. The zero-order chi connectivity index (χ0) is 26.1. The molecule has 0 bridgehead atoms. The summed E-state index contributed by atoms with van der Waals surface area (Å²) in [5, 5.41) is 26.7. The molecule has 11 heteroatoms. The molecule has 0 saturated carbocycles. The summed E-state index contributed by atoms with van der Waals surface area (Å²) < 4.78 is 0. The van der Waals surface area contributed by atoms with Gasteiger partial charge in [-0.3, -0.25) is 19.2 Å². The first-order valence-corrected chi connectivity index (χ1v) is 11.3. The minimum atomic E-state index is -1.36. The van der Waals surface area contributed by atoms with Crippen LogP contribution in [0.2, 0.25) is 0 Å². The maximum Gasteiger partial charge on any atom is 0.322 e. The Labute approximate surface area is 207 Å². The number of benzene rings is 2. The maximum atomic E-state index is 12.8. The number of aliphatic carboxylic acids is 1. The Morgan fingerprint density at radius 2 is 1.53 bits per heavy atom. The summed E-state index contributed by atoms with van der Waals surface area (Å²) in [6, 6.07) is 12.9. The number of H-pyrrole nitrogens is 1. The fraction of sp³-hybridized carbons (Fsp3) is 0.280. The number of aromatic amines is 1. The van der Waals surface area contributed by atoms with E-state index in [-0.39, 0.29) is 12.8 Å². The van der Waals surface area contributed by atoms with Crippen molar-refractivity contribution in [3.8, 4) is 0 Å². The maximum absolute atomic E-state index is 12.8. The number of carbonyl (C=O) groups excluding carboxylic acids is 3. The first-order chi connectivity index (χ1) is 17.3. The van der Waals surface area contributed by atoms with Crippen LogP contribution in [0.4, 0.5) is 0 Å². The predicted molar refractivity (Wildman–Crippen MR) is 132 cm³/mol. The molecular formula is C25H29N5O6. The van der Waals surface area contributed by atoms with Gasteiger partial charge < -0.3 is 36.9 Å². The fourth-order valence-electron chi connectivity index (χ4n) is 3.72. The highest BCUT2D eigenvalue weighted by atomic mass is 16.4. The number of aliphatic hydroxyl groups is 1. The van der Waals surface area contributed by atoms with Crippen molar-refractivity contribution in [3.05, 3.63) is 71.9 Å². The number of aliphatic hydroxyl groups excluding tert-OH is 1. The van der Waals surface area contributed by atoms with Gasteiger partial charge >= 0.3 is 5.97 Å². The second-order valence-corrected chi connectivity index (χ2v) is 8.28. The lowest BCUT2D eigenvalue weighted by Gasteiger charge is -2.23. The van der Waals surface area contributed by atoms with Crippen LogP contribution in [0.3, 0.4) is 0 Å². The van der Waals surface area contributed by atoms with E-state index in [2.05, 4.69) is 20.9 Å². The van der Waals surface area contributed by atoms with Crippen molar-refractivity contribution < 1.29 is 29.4 Å². The zero-order valence-electron chi connectivity index (χ0n) is 19.4. The number of aromatic nitrogens is 1. The highest BCUT2D eigenvalue weighted by Gasteiger charge is 2.28. The number of rotatable bonds is 12. The second-order valence-electron chi connectivity index (χ2n) is 8.28. The van der Waals surface area contributed by atoms with E-state index >= 15 is 0 Å². The Morgan fingerprint density at radius 3 is 2.22 bits per heavy atom. The van der Waals surface area contributed by atoms with Gasteiger partial charge in [-0.1, -0.05) is 48.5 Å². The van der Waals surface area contributed by atoms with E-state index in [9.17, 15) is 24.3 Å². The smallest absolute Gasteiger partial charge is 0.322 e. The molecule has 0 aliphatic carbocycles. The largest absolute Gasteiger partial charge is 0.480 e. The molecule has 8 N–H and O–H groups in total. The summed E-state index contributed by atoms with van der Waals surface area (Å²) in [5.41, 5.74) is 8.52. The van der Waals surface area contributed by atoms with Gasteiger partial charge in [0.1, 0.15) is 18.6 Å². The molecule has 1 aromatic heterocycles. The number of amides is 3. The molecule has 0 fully saturated rings. The molecule has 1 heterocycles. The summed E-state index contributed by atoms with van der Waals surface area (Å²) in [4.78, 5) is 52.0. The summed E-state index contributed by atoms with van der Waals surface area (Å²) >= 11 is 0. The van der Waals surface area contributed by atoms with Crippen LogP contribution in [-0.4, -0.2) is 70.2 Å². The Bertz CT molecular complexity index is 1210. The summed E-state index contributed by atoms with van der Waals surface area (Å²) in [6.45, 7) is -1.35. The van der Waals surface area contributed by atoms with Gasteiger partial charge in [0.25, 0.3) is 0 Å². The molecule has 0 saturated heterocycles. The Balaban J connectivity index is 1.64. The molecular weight excluding hydrogens is 466 g/mol. The highest BCUT2D eigenvalue weighted by Crippen LogP contribution is 2.18. The van der Waals surface area contributed by atoms with E-state index in [1.807, 2.05) is 24.3 Å². The van der Waals surface area contributed by atoms with Crippen LogP contribution in [0.15, 0.2) is 60.8 Å². The fourth-order valence-corrected chi connectivity index (χ4v) is 3.72. The minimum Gasteiger partial charge on any atom is -0.480 e. The molecule has 11 nitrogen and oxygen atoms in total. The Hall–Kier alpha value is -4.22. The van der Waals surface area contributed by atoms with Gasteiger partial charge in [-0.25, -0.2) is 0 Å². The van der Waals surface area contributed by atoms with Crippen LogP contribution in [-0.2, 0) is 32.0 Å². The van der Waals surface area contributed by atoms with Gasteiger partial charge in [-0.2, -0.15) is 0 Å². The summed E-state index contributed by atoms with van der Waals surface area (Å²) in [6.07, 6.45) is 2.03. The van der Waals surface area contributed by atoms with Crippen molar-refractivity contribution >= 4 is 34.6 Å². The summed E-state index contributed by atoms with van der Waals surface area (Å²) in [7, 11) is 0. The van der Waals surface area contributed by atoms with E-state index < -0.39 is 55.0 Å². The number of hydrogen-bond donors (Lipinski definition) is 7. The van der Waals surface area contributed by atoms with Gasteiger partial charge in [-0.05, 0) is 23.6 Å². The van der Waals surface area contributed by atoms with Crippen molar-refractivity contribution in [1.29, 1.82) is 0 Å². The van der Waals surface area contributed by atoms with E-state index in [0.29, 0.717) is 0 Å². The van der Waals surface area contributed by atoms with Crippen molar-refractivity contribution in [2.45, 2.75) is 31.0 Å². The Morgan fingerprint density at radius 1 is 0.861 bits per heavy atom. The average Bonchev–Trinajstić information content (AvgIpc) is 3.28. The lowest BCUT2D eigenvalue weighted by molar-refractivity contribution is -0.138. The second kappa shape index (κ2) is 12.5. The van der Waals surface area contributed by atoms with Crippen molar-refractivity contribution in [2.75, 3.05) is 13.2 Å². The number of para-hydroxylation sites is 1. The number of nitrogens with one attached hydrogen (secondary N) is 4. The number of carboxylic acid groups (broad SMARTS) is 1. The van der Waals surface area contributed by atoms with Gasteiger partial charge in [-0.15, -0.1) is 0 Å². The highest BCUT2D eigenvalue weighted by molar-refractivity contribution is 5.94. The number of carboxylic acids is 1. The van der Waals surface area contributed by atoms with E-state index in [0.717, 1.165) is 22.0 Å². The first kappa shape index (κ1) is 26.4. The number of hydrogen-bond acceptors (Lipinski definition) is 6. The summed E-state index contributed by atoms with van der Waals surface area (Å²) in [5.74, 6) is -3.41. The number of nitrogens with two attached hydrogens (primary N) is 1. The van der Waals surface area contributed by atoms with Gasteiger partial charge in [0, 0.05) is 23.5 Å². The van der Waals surface area contributed by atoms with Crippen LogP contribution < -0.4 is 21.7 Å². The molecule has 3 atom stereocenters. The van der Waals surface area contributed by atoms with Gasteiger partial charge in [0.2, 0.25) is 17.7 Å². The average molecular weight is 496 g/mol. The van der Waals surface area contributed by atoms with E-state index in [4.69, 9.17) is 10.8 Å². The molecule has 3 amide bonds. The third-order valence-electron chi connectivity index (χ3n) is 5.60.